The number of carbonyl (C=O) groups is 1. The van der Waals surface area contributed by atoms with Gasteiger partial charge in [0.1, 0.15) is 5.69 Å². The fraction of sp³-hybridized carbons (Fsp3) is 0.308. The van der Waals surface area contributed by atoms with Gasteiger partial charge in [0, 0.05) is 38.2 Å². The first-order chi connectivity index (χ1) is 9.20. The quantitative estimate of drug-likeness (QED) is 0.817. The first-order valence-electron chi connectivity index (χ1n) is 6.10. The second-order valence-corrected chi connectivity index (χ2v) is 4.27. The van der Waals surface area contributed by atoms with Crippen LogP contribution in [0.25, 0.3) is 0 Å². The minimum atomic E-state index is -0.195. The second kappa shape index (κ2) is 6.10. The van der Waals surface area contributed by atoms with Crippen molar-refractivity contribution in [2.24, 2.45) is 5.73 Å². The van der Waals surface area contributed by atoms with E-state index in [0.717, 1.165) is 11.1 Å². The Morgan fingerprint density at radius 1 is 1.53 bits per heavy atom. The van der Waals surface area contributed by atoms with Crippen LogP contribution in [0.4, 0.5) is 0 Å². The molecule has 0 aliphatic rings. The number of aryl methyl sites for hydroxylation is 1. The van der Waals surface area contributed by atoms with E-state index in [1.54, 1.807) is 29.5 Å². The molecule has 0 fully saturated rings. The molecule has 3 N–H and O–H groups in total. The molecule has 0 aromatic carbocycles. The van der Waals surface area contributed by atoms with Crippen LogP contribution in [0.1, 0.15) is 21.6 Å². The summed E-state index contributed by atoms with van der Waals surface area (Å²) in [6.07, 6.45) is 6.78. The third-order valence-corrected chi connectivity index (χ3v) is 2.84. The number of hydrogen-bond acceptors (Lipinski definition) is 4. The van der Waals surface area contributed by atoms with Gasteiger partial charge in [-0.25, -0.2) is 4.98 Å². The highest BCUT2D eigenvalue weighted by molar-refractivity contribution is 5.91. The zero-order valence-electron chi connectivity index (χ0n) is 10.8. The van der Waals surface area contributed by atoms with E-state index >= 15 is 0 Å². The fourth-order valence-corrected chi connectivity index (χ4v) is 1.70. The van der Waals surface area contributed by atoms with E-state index in [9.17, 15) is 4.79 Å². The number of imidazole rings is 1. The molecular formula is C13H17N5O. The summed E-state index contributed by atoms with van der Waals surface area (Å²) in [7, 11) is 0. The highest BCUT2D eigenvalue weighted by Gasteiger charge is 2.09. The Hall–Kier alpha value is -2.21. The standard InChI is InChI=1S/C13H17N5O/c1-10-2-4-15-6-11(10)7-16-13(19)12-8-18(5-3-14)9-17-12/h2,4,6,8-9H,3,5,7,14H2,1H3,(H,16,19). The number of nitrogens with one attached hydrogen (secondary N) is 1. The summed E-state index contributed by atoms with van der Waals surface area (Å²) in [5.74, 6) is -0.195. The van der Waals surface area contributed by atoms with Crippen molar-refractivity contribution < 1.29 is 4.79 Å². The van der Waals surface area contributed by atoms with Gasteiger partial charge in [-0.15, -0.1) is 0 Å². The van der Waals surface area contributed by atoms with Crippen molar-refractivity contribution in [2.75, 3.05) is 6.54 Å². The Labute approximate surface area is 111 Å². The van der Waals surface area contributed by atoms with Gasteiger partial charge in [-0.1, -0.05) is 0 Å². The van der Waals surface area contributed by atoms with Crippen molar-refractivity contribution in [3.05, 3.63) is 47.8 Å². The molecular weight excluding hydrogens is 242 g/mol. The van der Waals surface area contributed by atoms with Crippen LogP contribution in [-0.2, 0) is 13.1 Å². The minimum Gasteiger partial charge on any atom is -0.347 e. The monoisotopic (exact) mass is 259 g/mol. The van der Waals surface area contributed by atoms with E-state index in [-0.39, 0.29) is 5.91 Å². The molecule has 2 heterocycles. The molecule has 2 aromatic heterocycles. The van der Waals surface area contributed by atoms with Crippen molar-refractivity contribution in [3.63, 3.8) is 0 Å². The normalized spacial score (nSPS) is 10.4. The van der Waals surface area contributed by atoms with Gasteiger partial charge in [-0.05, 0) is 24.1 Å². The average molecular weight is 259 g/mol. The van der Waals surface area contributed by atoms with Crippen molar-refractivity contribution in [1.82, 2.24) is 19.9 Å². The Morgan fingerprint density at radius 3 is 3.11 bits per heavy atom. The maximum Gasteiger partial charge on any atom is 0.271 e. The number of amides is 1. The zero-order valence-corrected chi connectivity index (χ0v) is 10.8. The highest BCUT2D eigenvalue weighted by atomic mass is 16.1. The molecule has 6 heteroatoms. The molecule has 100 valence electrons. The van der Waals surface area contributed by atoms with Gasteiger partial charge in [0.15, 0.2) is 0 Å². The molecule has 6 nitrogen and oxygen atoms in total. The van der Waals surface area contributed by atoms with Crippen LogP contribution in [0, 0.1) is 6.92 Å². The third kappa shape index (κ3) is 3.38. The number of hydrogen-bond donors (Lipinski definition) is 2. The fourth-order valence-electron chi connectivity index (χ4n) is 1.70. The smallest absolute Gasteiger partial charge is 0.271 e. The molecule has 1 amide bonds. The molecule has 0 atom stereocenters. The first-order valence-corrected chi connectivity index (χ1v) is 6.10. The van der Waals surface area contributed by atoms with E-state index in [4.69, 9.17) is 5.73 Å². The van der Waals surface area contributed by atoms with E-state index in [1.807, 2.05) is 13.0 Å². The Balaban J connectivity index is 1.95. The first kappa shape index (κ1) is 13.2. The van der Waals surface area contributed by atoms with Gasteiger partial charge in [-0.3, -0.25) is 9.78 Å². The Bertz CT molecular complexity index is 564. The van der Waals surface area contributed by atoms with Crippen LogP contribution in [0.15, 0.2) is 31.0 Å². The van der Waals surface area contributed by atoms with Gasteiger partial charge in [0.2, 0.25) is 0 Å². The van der Waals surface area contributed by atoms with Crippen LogP contribution in [0.5, 0.6) is 0 Å². The van der Waals surface area contributed by atoms with E-state index in [1.165, 1.54) is 0 Å². The molecule has 0 unspecified atom stereocenters. The van der Waals surface area contributed by atoms with Crippen LogP contribution in [0.3, 0.4) is 0 Å². The lowest BCUT2D eigenvalue weighted by Crippen LogP contribution is -2.23. The Kier molecular flexibility index (Phi) is 4.25. The van der Waals surface area contributed by atoms with Gasteiger partial charge >= 0.3 is 0 Å². The van der Waals surface area contributed by atoms with Crippen molar-refractivity contribution in [3.8, 4) is 0 Å². The van der Waals surface area contributed by atoms with Crippen molar-refractivity contribution in [2.45, 2.75) is 20.0 Å². The molecule has 0 saturated carbocycles. The summed E-state index contributed by atoms with van der Waals surface area (Å²) >= 11 is 0. The maximum absolute atomic E-state index is 11.9. The number of aromatic nitrogens is 3. The van der Waals surface area contributed by atoms with Crippen LogP contribution < -0.4 is 11.1 Å². The average Bonchev–Trinajstić information content (AvgIpc) is 2.87. The third-order valence-electron chi connectivity index (χ3n) is 2.84. The summed E-state index contributed by atoms with van der Waals surface area (Å²) in [6, 6.07) is 1.91. The van der Waals surface area contributed by atoms with Gasteiger partial charge in [0.05, 0.1) is 6.33 Å². The van der Waals surface area contributed by atoms with Crippen LogP contribution in [0.2, 0.25) is 0 Å². The summed E-state index contributed by atoms with van der Waals surface area (Å²) in [6.45, 7) is 3.61. The minimum absolute atomic E-state index is 0.195. The Morgan fingerprint density at radius 2 is 2.37 bits per heavy atom. The number of carbonyl (C=O) groups excluding carboxylic acids is 1. The molecule has 0 bridgehead atoms. The maximum atomic E-state index is 11.9. The van der Waals surface area contributed by atoms with Crippen LogP contribution in [-0.4, -0.2) is 27.0 Å². The van der Waals surface area contributed by atoms with Crippen molar-refractivity contribution >= 4 is 5.91 Å². The molecule has 0 aliphatic carbocycles. The lowest BCUT2D eigenvalue weighted by atomic mass is 10.1. The van der Waals surface area contributed by atoms with Crippen LogP contribution >= 0.6 is 0 Å². The lowest BCUT2D eigenvalue weighted by Gasteiger charge is -2.05. The topological polar surface area (TPSA) is 85.8 Å². The van der Waals surface area contributed by atoms with E-state index in [2.05, 4.69) is 15.3 Å². The highest BCUT2D eigenvalue weighted by Crippen LogP contribution is 2.04. The zero-order chi connectivity index (χ0) is 13.7. The van der Waals surface area contributed by atoms with Crippen molar-refractivity contribution in [1.29, 1.82) is 0 Å². The lowest BCUT2D eigenvalue weighted by molar-refractivity contribution is 0.0946. The van der Waals surface area contributed by atoms with E-state index < -0.39 is 0 Å². The molecule has 19 heavy (non-hydrogen) atoms. The van der Waals surface area contributed by atoms with Gasteiger partial charge in [-0.2, -0.15) is 0 Å². The predicted octanol–water partition coefficient (Wildman–Crippen LogP) is 0.475. The van der Waals surface area contributed by atoms with Gasteiger partial charge < -0.3 is 15.6 Å². The number of nitrogens with zero attached hydrogens (tertiary/aromatic N) is 3. The molecule has 0 spiro atoms. The molecule has 2 aromatic rings. The SMILES string of the molecule is Cc1ccncc1CNC(=O)c1cn(CCN)cn1. The molecule has 0 radical (unpaired) electrons. The van der Waals surface area contributed by atoms with Gasteiger partial charge in [0.25, 0.3) is 5.91 Å². The number of rotatable bonds is 5. The largest absolute Gasteiger partial charge is 0.347 e. The number of pyridine rings is 1. The molecule has 2 rings (SSSR count). The second-order valence-electron chi connectivity index (χ2n) is 4.27. The summed E-state index contributed by atoms with van der Waals surface area (Å²) in [5.41, 5.74) is 7.94. The summed E-state index contributed by atoms with van der Waals surface area (Å²) < 4.78 is 1.80. The molecule has 0 aliphatic heterocycles. The van der Waals surface area contributed by atoms with E-state index in [0.29, 0.717) is 25.3 Å². The summed E-state index contributed by atoms with van der Waals surface area (Å²) in [5, 5.41) is 2.83. The summed E-state index contributed by atoms with van der Waals surface area (Å²) in [4.78, 5) is 20.0. The number of nitrogens with two attached hydrogens (primary N) is 1. The molecule has 0 saturated heterocycles. The predicted molar refractivity (Wildman–Crippen MR) is 71.4 cm³/mol.